The Bertz CT molecular complexity index is 650. The van der Waals surface area contributed by atoms with Crippen molar-refractivity contribution in [3.63, 3.8) is 0 Å². The zero-order valence-electron chi connectivity index (χ0n) is 13.2. The van der Waals surface area contributed by atoms with Gasteiger partial charge < -0.3 is 14.8 Å². The van der Waals surface area contributed by atoms with Crippen LogP contribution in [0, 0.1) is 0 Å². The van der Waals surface area contributed by atoms with Gasteiger partial charge in [0.1, 0.15) is 6.10 Å². The fourth-order valence-electron chi connectivity index (χ4n) is 3.60. The zero-order valence-corrected chi connectivity index (χ0v) is 14.1. The molecule has 2 heterocycles. The summed E-state index contributed by atoms with van der Waals surface area (Å²) < 4.78 is 11.7. The summed E-state index contributed by atoms with van der Waals surface area (Å²) >= 11 is 0. The third kappa shape index (κ3) is 3.11. The molecule has 0 aromatic heterocycles. The summed E-state index contributed by atoms with van der Waals surface area (Å²) in [5.74, 6) is 1.79. The van der Waals surface area contributed by atoms with Crippen LogP contribution in [0.4, 0.5) is 5.69 Å². The van der Waals surface area contributed by atoms with E-state index >= 15 is 0 Å². The Labute approximate surface area is 143 Å². The molecule has 3 nitrogen and oxygen atoms in total. The molecule has 0 radical (unpaired) electrons. The molecule has 4 rings (SSSR count). The van der Waals surface area contributed by atoms with Gasteiger partial charge in [-0.05, 0) is 42.5 Å². The summed E-state index contributed by atoms with van der Waals surface area (Å²) in [5.41, 5.74) is 3.96. The standard InChI is InChI=1S/C19H21NO2.ClH/c1-21-18-8-4-6-13-9-10-16(22-19(13)18)12-15-11-14-5-2-3-7-17(14)20-15;/h2-8,15-16,20H,9-12H2,1H3;1H. The number of rotatable bonds is 3. The second kappa shape index (κ2) is 6.71. The average Bonchev–Trinajstić information content (AvgIpc) is 2.96. The van der Waals surface area contributed by atoms with Gasteiger partial charge in [-0.15, -0.1) is 12.4 Å². The molecular weight excluding hydrogens is 310 g/mol. The first kappa shape index (κ1) is 16.0. The smallest absolute Gasteiger partial charge is 0.164 e. The molecule has 1 N–H and O–H groups in total. The third-order valence-electron chi connectivity index (χ3n) is 4.69. The van der Waals surface area contributed by atoms with Crippen LogP contribution in [0.15, 0.2) is 42.5 Å². The van der Waals surface area contributed by atoms with E-state index in [1.165, 1.54) is 16.8 Å². The lowest BCUT2D eigenvalue weighted by Gasteiger charge is -2.29. The number of fused-ring (bicyclic) bond motifs is 2. The van der Waals surface area contributed by atoms with Crippen molar-refractivity contribution in [2.75, 3.05) is 12.4 Å². The van der Waals surface area contributed by atoms with Crippen LogP contribution in [-0.2, 0) is 12.8 Å². The fraction of sp³-hybridized carbons (Fsp3) is 0.368. The lowest BCUT2D eigenvalue weighted by Crippen LogP contribution is -2.30. The van der Waals surface area contributed by atoms with Gasteiger partial charge in [0, 0.05) is 18.2 Å². The first-order chi connectivity index (χ1) is 10.8. The maximum absolute atomic E-state index is 6.25. The molecule has 4 heteroatoms. The molecular formula is C19H22ClNO2. The lowest BCUT2D eigenvalue weighted by atomic mass is 9.96. The van der Waals surface area contributed by atoms with E-state index in [0.717, 1.165) is 37.2 Å². The van der Waals surface area contributed by atoms with Crippen LogP contribution in [0.1, 0.15) is 24.0 Å². The van der Waals surface area contributed by atoms with Crippen LogP contribution in [0.3, 0.4) is 0 Å². The number of nitrogens with one attached hydrogen (secondary N) is 1. The number of aryl methyl sites for hydroxylation is 1. The molecule has 0 amide bonds. The van der Waals surface area contributed by atoms with Gasteiger partial charge in [-0.1, -0.05) is 30.3 Å². The summed E-state index contributed by atoms with van der Waals surface area (Å²) in [6, 6.07) is 15.2. The fourth-order valence-corrected chi connectivity index (χ4v) is 3.60. The van der Waals surface area contributed by atoms with Gasteiger partial charge in [0.2, 0.25) is 0 Å². The van der Waals surface area contributed by atoms with Crippen molar-refractivity contribution in [1.82, 2.24) is 0 Å². The molecule has 0 bridgehead atoms. The highest BCUT2D eigenvalue weighted by molar-refractivity contribution is 5.85. The van der Waals surface area contributed by atoms with Crippen LogP contribution >= 0.6 is 12.4 Å². The molecule has 0 aliphatic carbocycles. The van der Waals surface area contributed by atoms with Crippen LogP contribution < -0.4 is 14.8 Å². The minimum Gasteiger partial charge on any atom is -0.493 e. The van der Waals surface area contributed by atoms with E-state index in [2.05, 4.69) is 35.6 Å². The van der Waals surface area contributed by atoms with Crippen molar-refractivity contribution in [1.29, 1.82) is 0 Å². The van der Waals surface area contributed by atoms with E-state index in [-0.39, 0.29) is 18.5 Å². The molecule has 0 spiro atoms. The summed E-state index contributed by atoms with van der Waals surface area (Å²) in [6.45, 7) is 0. The minimum absolute atomic E-state index is 0. The van der Waals surface area contributed by atoms with E-state index in [4.69, 9.17) is 9.47 Å². The summed E-state index contributed by atoms with van der Waals surface area (Å²) in [5, 5.41) is 3.62. The predicted octanol–water partition coefficient (Wildman–Crippen LogP) is 4.24. The number of anilines is 1. The first-order valence-electron chi connectivity index (χ1n) is 8.00. The monoisotopic (exact) mass is 331 g/mol. The molecule has 2 aliphatic heterocycles. The maximum atomic E-state index is 6.25. The Hall–Kier alpha value is -1.87. The van der Waals surface area contributed by atoms with Crippen molar-refractivity contribution in [2.45, 2.75) is 37.8 Å². The normalized spacial score (nSPS) is 21.3. The van der Waals surface area contributed by atoms with Crippen molar-refractivity contribution in [3.8, 4) is 11.5 Å². The summed E-state index contributed by atoms with van der Waals surface area (Å²) in [4.78, 5) is 0. The topological polar surface area (TPSA) is 30.5 Å². The van der Waals surface area contributed by atoms with Crippen molar-refractivity contribution < 1.29 is 9.47 Å². The second-order valence-electron chi connectivity index (χ2n) is 6.17. The van der Waals surface area contributed by atoms with Gasteiger partial charge in [0.25, 0.3) is 0 Å². The van der Waals surface area contributed by atoms with E-state index in [9.17, 15) is 0 Å². The van der Waals surface area contributed by atoms with Crippen molar-refractivity contribution in [2.24, 2.45) is 0 Å². The predicted molar refractivity (Wildman–Crippen MR) is 95.2 cm³/mol. The molecule has 2 aromatic carbocycles. The number of para-hydroxylation sites is 2. The SMILES string of the molecule is COc1cccc2c1OC(CC1Cc3ccccc3N1)CC2.Cl. The number of hydrogen-bond acceptors (Lipinski definition) is 3. The molecule has 122 valence electrons. The number of benzene rings is 2. The Morgan fingerprint density at radius 1 is 1.13 bits per heavy atom. The molecule has 2 atom stereocenters. The largest absolute Gasteiger partial charge is 0.493 e. The molecule has 0 fully saturated rings. The van der Waals surface area contributed by atoms with Gasteiger partial charge in [-0.25, -0.2) is 0 Å². The highest BCUT2D eigenvalue weighted by Crippen LogP contribution is 2.38. The van der Waals surface area contributed by atoms with Gasteiger partial charge in [0.05, 0.1) is 7.11 Å². The Kier molecular flexibility index (Phi) is 4.67. The number of hydrogen-bond donors (Lipinski definition) is 1. The highest BCUT2D eigenvalue weighted by atomic mass is 35.5. The van der Waals surface area contributed by atoms with E-state index in [1.54, 1.807) is 7.11 Å². The first-order valence-corrected chi connectivity index (χ1v) is 8.00. The molecule has 2 aliphatic rings. The molecule has 2 unspecified atom stereocenters. The quantitative estimate of drug-likeness (QED) is 0.912. The van der Waals surface area contributed by atoms with E-state index in [1.807, 2.05) is 12.1 Å². The van der Waals surface area contributed by atoms with Gasteiger partial charge in [-0.3, -0.25) is 0 Å². The summed E-state index contributed by atoms with van der Waals surface area (Å²) in [7, 11) is 1.71. The Balaban J connectivity index is 0.00000156. The molecule has 0 saturated carbocycles. The van der Waals surface area contributed by atoms with Crippen LogP contribution in [-0.4, -0.2) is 19.3 Å². The third-order valence-corrected chi connectivity index (χ3v) is 4.69. The average molecular weight is 332 g/mol. The number of methoxy groups -OCH3 is 1. The van der Waals surface area contributed by atoms with Crippen LogP contribution in [0.2, 0.25) is 0 Å². The molecule has 23 heavy (non-hydrogen) atoms. The summed E-state index contributed by atoms with van der Waals surface area (Å²) in [6.07, 6.45) is 4.53. The van der Waals surface area contributed by atoms with Crippen molar-refractivity contribution >= 4 is 18.1 Å². The number of ether oxygens (including phenoxy) is 2. The Morgan fingerprint density at radius 3 is 2.78 bits per heavy atom. The number of halogens is 1. The maximum Gasteiger partial charge on any atom is 0.164 e. The van der Waals surface area contributed by atoms with Crippen LogP contribution in [0.25, 0.3) is 0 Å². The van der Waals surface area contributed by atoms with Gasteiger partial charge in [-0.2, -0.15) is 0 Å². The second-order valence-corrected chi connectivity index (χ2v) is 6.17. The lowest BCUT2D eigenvalue weighted by molar-refractivity contribution is 0.152. The van der Waals surface area contributed by atoms with Crippen LogP contribution in [0.5, 0.6) is 11.5 Å². The van der Waals surface area contributed by atoms with E-state index in [0.29, 0.717) is 6.04 Å². The van der Waals surface area contributed by atoms with E-state index < -0.39 is 0 Å². The molecule has 0 saturated heterocycles. The minimum atomic E-state index is 0. The van der Waals surface area contributed by atoms with Crippen molar-refractivity contribution in [3.05, 3.63) is 53.6 Å². The zero-order chi connectivity index (χ0) is 14.9. The van der Waals surface area contributed by atoms with Gasteiger partial charge >= 0.3 is 0 Å². The van der Waals surface area contributed by atoms with Gasteiger partial charge in [0.15, 0.2) is 11.5 Å². The molecule has 2 aromatic rings. The Morgan fingerprint density at radius 2 is 1.96 bits per heavy atom. The highest BCUT2D eigenvalue weighted by Gasteiger charge is 2.28.